The van der Waals surface area contributed by atoms with Crippen molar-refractivity contribution < 1.29 is 17.9 Å². The van der Waals surface area contributed by atoms with E-state index in [9.17, 15) is 13.2 Å². The molecule has 96 valence electrons. The SMILES string of the molecule is C=C/C(=C\C(=C)Oc1cccc(C)c1)C(F)(F)F. The molecule has 0 aliphatic heterocycles. The van der Waals surface area contributed by atoms with E-state index in [1.54, 1.807) is 18.2 Å². The zero-order chi connectivity index (χ0) is 13.8. The minimum Gasteiger partial charge on any atom is -0.458 e. The average molecular weight is 254 g/mol. The van der Waals surface area contributed by atoms with E-state index in [-0.39, 0.29) is 5.76 Å². The van der Waals surface area contributed by atoms with E-state index in [0.29, 0.717) is 5.75 Å². The van der Waals surface area contributed by atoms with E-state index in [1.165, 1.54) is 0 Å². The molecule has 0 bridgehead atoms. The van der Waals surface area contributed by atoms with Crippen LogP contribution in [-0.2, 0) is 0 Å². The summed E-state index contributed by atoms with van der Waals surface area (Å²) < 4.78 is 42.5. The lowest BCUT2D eigenvalue weighted by Crippen LogP contribution is -2.10. The molecule has 0 aliphatic rings. The molecule has 0 unspecified atom stereocenters. The Morgan fingerprint density at radius 2 is 2.00 bits per heavy atom. The van der Waals surface area contributed by atoms with Crippen LogP contribution in [0.3, 0.4) is 0 Å². The quantitative estimate of drug-likeness (QED) is 0.565. The van der Waals surface area contributed by atoms with Crippen LogP contribution in [0, 0.1) is 6.92 Å². The van der Waals surface area contributed by atoms with Gasteiger partial charge in [0.2, 0.25) is 0 Å². The van der Waals surface area contributed by atoms with Crippen molar-refractivity contribution in [1.29, 1.82) is 0 Å². The Morgan fingerprint density at radius 3 is 2.50 bits per heavy atom. The number of benzene rings is 1. The van der Waals surface area contributed by atoms with E-state index in [1.807, 2.05) is 13.0 Å². The molecule has 0 amide bonds. The van der Waals surface area contributed by atoms with E-state index < -0.39 is 11.7 Å². The monoisotopic (exact) mass is 254 g/mol. The first kappa shape index (κ1) is 14.1. The van der Waals surface area contributed by atoms with Gasteiger partial charge >= 0.3 is 6.18 Å². The van der Waals surface area contributed by atoms with Gasteiger partial charge < -0.3 is 4.74 Å². The smallest absolute Gasteiger partial charge is 0.416 e. The third-order valence-corrected chi connectivity index (χ3v) is 2.10. The Morgan fingerprint density at radius 1 is 1.33 bits per heavy atom. The van der Waals surface area contributed by atoms with Crippen LogP contribution in [0.2, 0.25) is 0 Å². The highest BCUT2D eigenvalue weighted by atomic mass is 19.4. The Hall–Kier alpha value is -1.97. The molecule has 0 aromatic heterocycles. The lowest BCUT2D eigenvalue weighted by atomic mass is 10.2. The summed E-state index contributed by atoms with van der Waals surface area (Å²) in [7, 11) is 0. The lowest BCUT2D eigenvalue weighted by Gasteiger charge is -2.10. The maximum Gasteiger partial charge on any atom is 0.416 e. The van der Waals surface area contributed by atoms with E-state index in [0.717, 1.165) is 17.7 Å². The van der Waals surface area contributed by atoms with Crippen molar-refractivity contribution in [3.05, 3.63) is 66.5 Å². The minimum atomic E-state index is -4.46. The van der Waals surface area contributed by atoms with Gasteiger partial charge in [-0.05, 0) is 30.7 Å². The molecule has 4 heteroatoms. The number of rotatable bonds is 4. The first-order chi connectivity index (χ1) is 8.32. The van der Waals surface area contributed by atoms with E-state index in [4.69, 9.17) is 4.74 Å². The van der Waals surface area contributed by atoms with Crippen molar-refractivity contribution in [3.8, 4) is 5.75 Å². The molecule has 1 aromatic rings. The fraction of sp³-hybridized carbons (Fsp3) is 0.143. The van der Waals surface area contributed by atoms with E-state index >= 15 is 0 Å². The molecular formula is C14H13F3O. The average Bonchev–Trinajstić information content (AvgIpc) is 2.24. The molecule has 1 nitrogen and oxygen atoms in total. The molecule has 1 rings (SSSR count). The van der Waals surface area contributed by atoms with Crippen molar-refractivity contribution in [2.75, 3.05) is 0 Å². The molecule has 0 saturated heterocycles. The highest BCUT2D eigenvalue weighted by molar-refractivity contribution is 5.33. The van der Waals surface area contributed by atoms with Gasteiger partial charge in [0.25, 0.3) is 0 Å². The Bertz CT molecular complexity index is 484. The fourth-order valence-electron chi connectivity index (χ4n) is 1.29. The first-order valence-corrected chi connectivity index (χ1v) is 5.17. The van der Waals surface area contributed by atoms with Gasteiger partial charge in [-0.25, -0.2) is 0 Å². The van der Waals surface area contributed by atoms with Gasteiger partial charge in [-0.2, -0.15) is 13.2 Å². The molecular weight excluding hydrogens is 241 g/mol. The van der Waals surface area contributed by atoms with Crippen molar-refractivity contribution in [2.45, 2.75) is 13.1 Å². The highest BCUT2D eigenvalue weighted by Crippen LogP contribution is 2.27. The topological polar surface area (TPSA) is 9.23 Å². The molecule has 0 N–H and O–H groups in total. The lowest BCUT2D eigenvalue weighted by molar-refractivity contribution is -0.0883. The van der Waals surface area contributed by atoms with Gasteiger partial charge in [-0.15, -0.1) is 0 Å². The summed E-state index contributed by atoms with van der Waals surface area (Å²) in [6.45, 7) is 8.41. The molecule has 0 fully saturated rings. The van der Waals surface area contributed by atoms with Crippen molar-refractivity contribution in [3.63, 3.8) is 0 Å². The Labute approximate surface area is 104 Å². The molecule has 1 aromatic carbocycles. The summed E-state index contributed by atoms with van der Waals surface area (Å²) in [5.41, 5.74) is 0.0594. The zero-order valence-electron chi connectivity index (χ0n) is 9.92. The predicted molar refractivity (Wildman–Crippen MR) is 65.3 cm³/mol. The molecule has 0 spiro atoms. The van der Waals surface area contributed by atoms with Crippen LogP contribution in [0.4, 0.5) is 13.2 Å². The summed E-state index contributed by atoms with van der Waals surface area (Å²) in [5, 5.41) is 0. The minimum absolute atomic E-state index is 0.0900. The van der Waals surface area contributed by atoms with E-state index in [2.05, 4.69) is 13.2 Å². The number of hydrogen-bond donors (Lipinski definition) is 0. The second-order valence-electron chi connectivity index (χ2n) is 3.69. The summed E-state index contributed by atoms with van der Waals surface area (Å²) in [6, 6.07) is 6.96. The maximum atomic E-state index is 12.4. The summed E-state index contributed by atoms with van der Waals surface area (Å²) in [4.78, 5) is 0. The van der Waals surface area contributed by atoms with Crippen LogP contribution < -0.4 is 4.74 Å². The van der Waals surface area contributed by atoms with Crippen LogP contribution >= 0.6 is 0 Å². The number of aryl methyl sites for hydroxylation is 1. The molecule has 0 saturated carbocycles. The summed E-state index contributed by atoms with van der Waals surface area (Å²) in [5.74, 6) is 0.356. The van der Waals surface area contributed by atoms with Gasteiger partial charge in [0.05, 0.1) is 5.57 Å². The number of halogens is 3. The Kier molecular flexibility index (Phi) is 4.37. The normalized spacial score (nSPS) is 12.1. The number of alkyl halides is 3. The van der Waals surface area contributed by atoms with Gasteiger partial charge in [0.1, 0.15) is 11.5 Å². The first-order valence-electron chi connectivity index (χ1n) is 5.17. The number of ether oxygens (including phenoxy) is 1. The van der Waals surface area contributed by atoms with Crippen molar-refractivity contribution in [2.24, 2.45) is 0 Å². The predicted octanol–water partition coefficient (Wildman–Crippen LogP) is 4.56. The Balaban J connectivity index is 2.84. The summed E-state index contributed by atoms with van der Waals surface area (Å²) >= 11 is 0. The van der Waals surface area contributed by atoms with Crippen LogP contribution in [0.25, 0.3) is 0 Å². The highest BCUT2D eigenvalue weighted by Gasteiger charge is 2.31. The zero-order valence-corrected chi connectivity index (χ0v) is 9.92. The standard InChI is InChI=1S/C14H13F3O/c1-4-12(14(15,16)17)9-11(3)18-13-7-5-6-10(2)8-13/h4-9H,1,3H2,2H3/b12-9+. The summed E-state index contributed by atoms with van der Waals surface area (Å²) in [6.07, 6.45) is -2.92. The third kappa shape index (κ3) is 4.13. The molecule has 0 heterocycles. The van der Waals surface area contributed by atoms with Gasteiger partial charge in [-0.1, -0.05) is 31.4 Å². The van der Waals surface area contributed by atoms with Gasteiger partial charge in [-0.3, -0.25) is 0 Å². The maximum absolute atomic E-state index is 12.4. The molecule has 18 heavy (non-hydrogen) atoms. The second-order valence-corrected chi connectivity index (χ2v) is 3.69. The van der Waals surface area contributed by atoms with Crippen molar-refractivity contribution in [1.82, 2.24) is 0 Å². The fourth-order valence-corrected chi connectivity index (χ4v) is 1.29. The molecule has 0 atom stereocenters. The molecule has 0 radical (unpaired) electrons. The largest absolute Gasteiger partial charge is 0.458 e. The third-order valence-electron chi connectivity index (χ3n) is 2.10. The number of allylic oxidation sites excluding steroid dienone is 3. The molecule has 0 aliphatic carbocycles. The van der Waals surface area contributed by atoms with Crippen LogP contribution in [-0.4, -0.2) is 6.18 Å². The number of hydrogen-bond acceptors (Lipinski definition) is 1. The van der Waals surface area contributed by atoms with Gasteiger partial charge in [0.15, 0.2) is 0 Å². The van der Waals surface area contributed by atoms with Crippen LogP contribution in [0.1, 0.15) is 5.56 Å². The van der Waals surface area contributed by atoms with Crippen LogP contribution in [0.15, 0.2) is 60.9 Å². The van der Waals surface area contributed by atoms with Gasteiger partial charge in [0, 0.05) is 0 Å². The second kappa shape index (κ2) is 5.58. The van der Waals surface area contributed by atoms with Crippen molar-refractivity contribution >= 4 is 0 Å². The van der Waals surface area contributed by atoms with Crippen LogP contribution in [0.5, 0.6) is 5.75 Å².